The molecular weight excluding hydrogens is 174 g/mol. The minimum absolute atomic E-state index is 0.0659. The van der Waals surface area contributed by atoms with Gasteiger partial charge in [-0.1, -0.05) is 38.5 Å². The summed E-state index contributed by atoms with van der Waals surface area (Å²) in [5.41, 5.74) is 7.25. The fourth-order valence-corrected chi connectivity index (χ4v) is 1.50. The molecule has 1 aromatic carbocycles. The first kappa shape index (κ1) is 11.1. The summed E-state index contributed by atoms with van der Waals surface area (Å²) in [4.78, 5) is 0. The van der Waals surface area contributed by atoms with Crippen molar-refractivity contribution >= 4 is 0 Å². The molecule has 2 N–H and O–H groups in total. The molecule has 1 unspecified atom stereocenters. The number of para-hydroxylation sites is 1. The second-order valence-electron chi connectivity index (χ2n) is 3.65. The van der Waals surface area contributed by atoms with E-state index in [0.717, 1.165) is 17.7 Å². The fraction of sp³-hybridized carbons (Fsp3) is 0.500. The molecule has 0 aliphatic rings. The van der Waals surface area contributed by atoms with E-state index in [1.807, 2.05) is 24.3 Å². The van der Waals surface area contributed by atoms with Crippen LogP contribution in [0.3, 0.4) is 0 Å². The summed E-state index contributed by atoms with van der Waals surface area (Å²) in [6, 6.07) is 8.02. The summed E-state index contributed by atoms with van der Waals surface area (Å²) in [7, 11) is 1.68. The van der Waals surface area contributed by atoms with E-state index in [-0.39, 0.29) is 6.04 Å². The van der Waals surface area contributed by atoms with Crippen LogP contribution in [0.5, 0.6) is 5.75 Å². The highest BCUT2D eigenvalue weighted by atomic mass is 16.5. The lowest BCUT2D eigenvalue weighted by atomic mass is 9.93. The molecule has 2 nitrogen and oxygen atoms in total. The summed E-state index contributed by atoms with van der Waals surface area (Å²) in [6.45, 7) is 4.32. The number of nitrogens with two attached hydrogens (primary N) is 1. The van der Waals surface area contributed by atoms with Crippen molar-refractivity contribution in [2.24, 2.45) is 11.7 Å². The monoisotopic (exact) mass is 193 g/mol. The average molecular weight is 193 g/mol. The van der Waals surface area contributed by atoms with E-state index in [1.54, 1.807) is 7.11 Å². The Hall–Kier alpha value is -1.02. The third kappa shape index (κ3) is 2.26. The van der Waals surface area contributed by atoms with Gasteiger partial charge >= 0.3 is 0 Å². The molecule has 0 heterocycles. The van der Waals surface area contributed by atoms with Gasteiger partial charge < -0.3 is 10.5 Å². The van der Waals surface area contributed by atoms with Gasteiger partial charge in [0.2, 0.25) is 0 Å². The van der Waals surface area contributed by atoms with Gasteiger partial charge in [-0.3, -0.25) is 0 Å². The Morgan fingerprint density at radius 1 is 1.36 bits per heavy atom. The second kappa shape index (κ2) is 5.01. The highest BCUT2D eigenvalue weighted by Crippen LogP contribution is 2.29. The first-order valence-electron chi connectivity index (χ1n) is 5.09. The molecular formula is C12H19NO. The minimum atomic E-state index is 0.0659. The molecule has 1 rings (SSSR count). The van der Waals surface area contributed by atoms with Gasteiger partial charge in [0.1, 0.15) is 5.75 Å². The molecule has 0 spiro atoms. The number of ether oxygens (including phenoxy) is 1. The maximum Gasteiger partial charge on any atom is 0.123 e. The van der Waals surface area contributed by atoms with Crippen molar-refractivity contribution < 1.29 is 4.74 Å². The van der Waals surface area contributed by atoms with E-state index in [4.69, 9.17) is 10.5 Å². The van der Waals surface area contributed by atoms with Crippen molar-refractivity contribution in [1.82, 2.24) is 0 Å². The van der Waals surface area contributed by atoms with Crippen molar-refractivity contribution in [1.29, 1.82) is 0 Å². The van der Waals surface area contributed by atoms with Crippen LogP contribution in [0.2, 0.25) is 0 Å². The lowest BCUT2D eigenvalue weighted by Crippen LogP contribution is -2.19. The smallest absolute Gasteiger partial charge is 0.123 e. The zero-order valence-corrected chi connectivity index (χ0v) is 9.16. The van der Waals surface area contributed by atoms with Crippen molar-refractivity contribution in [3.8, 4) is 5.75 Å². The van der Waals surface area contributed by atoms with Crippen LogP contribution in [0, 0.1) is 5.92 Å². The number of benzene rings is 1. The third-order valence-corrected chi connectivity index (χ3v) is 2.76. The van der Waals surface area contributed by atoms with Crippen LogP contribution in [0.1, 0.15) is 31.9 Å². The molecule has 78 valence electrons. The zero-order chi connectivity index (χ0) is 10.6. The molecule has 14 heavy (non-hydrogen) atoms. The normalized spacial score (nSPS) is 14.9. The standard InChI is InChI=1S/C12H19NO/c1-4-9(2)12(13)10-7-5-6-8-11(10)14-3/h5-9,12H,4,13H2,1-3H3/t9?,12-/m1/s1. The maximum absolute atomic E-state index is 6.15. The first-order valence-corrected chi connectivity index (χ1v) is 5.09. The molecule has 2 heteroatoms. The number of methoxy groups -OCH3 is 1. The largest absolute Gasteiger partial charge is 0.496 e. The highest BCUT2D eigenvalue weighted by Gasteiger charge is 2.16. The van der Waals surface area contributed by atoms with E-state index in [0.29, 0.717) is 5.92 Å². The molecule has 0 aliphatic heterocycles. The van der Waals surface area contributed by atoms with Gasteiger partial charge in [0, 0.05) is 11.6 Å². The predicted molar refractivity (Wildman–Crippen MR) is 59.4 cm³/mol. The van der Waals surface area contributed by atoms with Crippen LogP contribution in [-0.4, -0.2) is 7.11 Å². The van der Waals surface area contributed by atoms with Gasteiger partial charge in [-0.2, -0.15) is 0 Å². The van der Waals surface area contributed by atoms with Gasteiger partial charge in [-0.25, -0.2) is 0 Å². The molecule has 2 atom stereocenters. The molecule has 0 saturated carbocycles. The molecule has 0 fully saturated rings. The lowest BCUT2D eigenvalue weighted by Gasteiger charge is -2.20. The highest BCUT2D eigenvalue weighted by molar-refractivity contribution is 5.35. The van der Waals surface area contributed by atoms with Crippen LogP contribution < -0.4 is 10.5 Å². The topological polar surface area (TPSA) is 35.2 Å². The van der Waals surface area contributed by atoms with E-state index in [9.17, 15) is 0 Å². The van der Waals surface area contributed by atoms with E-state index >= 15 is 0 Å². The van der Waals surface area contributed by atoms with Crippen LogP contribution in [0.4, 0.5) is 0 Å². The number of hydrogen-bond donors (Lipinski definition) is 1. The quantitative estimate of drug-likeness (QED) is 0.798. The van der Waals surface area contributed by atoms with Gasteiger partial charge in [-0.15, -0.1) is 0 Å². The fourth-order valence-electron chi connectivity index (χ4n) is 1.50. The number of rotatable bonds is 4. The minimum Gasteiger partial charge on any atom is -0.496 e. The maximum atomic E-state index is 6.15. The van der Waals surface area contributed by atoms with Gasteiger partial charge in [-0.05, 0) is 12.0 Å². The van der Waals surface area contributed by atoms with Gasteiger partial charge in [0.15, 0.2) is 0 Å². The Morgan fingerprint density at radius 2 is 2.00 bits per heavy atom. The lowest BCUT2D eigenvalue weighted by molar-refractivity contribution is 0.388. The van der Waals surface area contributed by atoms with Crippen molar-refractivity contribution in [2.75, 3.05) is 7.11 Å². The van der Waals surface area contributed by atoms with E-state index in [2.05, 4.69) is 13.8 Å². The van der Waals surface area contributed by atoms with Crippen molar-refractivity contribution in [3.05, 3.63) is 29.8 Å². The SMILES string of the molecule is CCC(C)[C@@H](N)c1ccccc1OC. The summed E-state index contributed by atoms with van der Waals surface area (Å²) >= 11 is 0. The molecule has 0 aliphatic carbocycles. The molecule has 0 bridgehead atoms. The Kier molecular flexibility index (Phi) is 3.96. The molecule has 0 saturated heterocycles. The first-order chi connectivity index (χ1) is 6.70. The van der Waals surface area contributed by atoms with Crippen molar-refractivity contribution in [2.45, 2.75) is 26.3 Å². The van der Waals surface area contributed by atoms with Crippen LogP contribution in [0.15, 0.2) is 24.3 Å². The van der Waals surface area contributed by atoms with Crippen LogP contribution in [-0.2, 0) is 0 Å². The Labute approximate surface area is 86.1 Å². The van der Waals surface area contributed by atoms with Gasteiger partial charge in [0.25, 0.3) is 0 Å². The molecule has 0 aromatic heterocycles. The molecule has 1 aromatic rings. The van der Waals surface area contributed by atoms with Crippen LogP contribution >= 0.6 is 0 Å². The predicted octanol–water partition coefficient (Wildman–Crippen LogP) is 2.74. The summed E-state index contributed by atoms with van der Waals surface area (Å²) in [5.74, 6) is 1.37. The number of hydrogen-bond acceptors (Lipinski definition) is 2. The molecule has 0 radical (unpaired) electrons. The summed E-state index contributed by atoms with van der Waals surface area (Å²) in [6.07, 6.45) is 1.08. The van der Waals surface area contributed by atoms with Crippen molar-refractivity contribution in [3.63, 3.8) is 0 Å². The van der Waals surface area contributed by atoms with E-state index in [1.165, 1.54) is 0 Å². The summed E-state index contributed by atoms with van der Waals surface area (Å²) < 4.78 is 5.28. The third-order valence-electron chi connectivity index (χ3n) is 2.76. The van der Waals surface area contributed by atoms with Gasteiger partial charge in [0.05, 0.1) is 7.11 Å². The average Bonchev–Trinajstić information content (AvgIpc) is 2.26. The second-order valence-corrected chi connectivity index (χ2v) is 3.65. The zero-order valence-electron chi connectivity index (χ0n) is 9.16. The summed E-state index contributed by atoms with van der Waals surface area (Å²) in [5, 5.41) is 0. The Bertz CT molecular complexity index is 285. The van der Waals surface area contributed by atoms with E-state index < -0.39 is 0 Å². The Balaban J connectivity index is 2.93. The van der Waals surface area contributed by atoms with Crippen LogP contribution in [0.25, 0.3) is 0 Å². The Morgan fingerprint density at radius 3 is 2.57 bits per heavy atom. The molecule has 0 amide bonds.